The molecule has 0 aromatic heterocycles. The van der Waals surface area contributed by atoms with Crippen LogP contribution in [0.2, 0.25) is 0 Å². The Hall–Kier alpha value is -1.04. The molecule has 0 fully saturated rings. The summed E-state index contributed by atoms with van der Waals surface area (Å²) in [7, 11) is 0. The molecular formula is C14H17. The van der Waals surface area contributed by atoms with Gasteiger partial charge in [0.1, 0.15) is 0 Å². The van der Waals surface area contributed by atoms with Crippen LogP contribution in [0, 0.1) is 19.8 Å². The van der Waals surface area contributed by atoms with Crippen LogP contribution >= 0.6 is 0 Å². The van der Waals surface area contributed by atoms with E-state index >= 15 is 0 Å². The summed E-state index contributed by atoms with van der Waals surface area (Å²) in [5.74, 6) is 1.46. The molecule has 0 spiro atoms. The highest BCUT2D eigenvalue weighted by Gasteiger charge is 2.26. The van der Waals surface area contributed by atoms with Gasteiger partial charge in [-0.2, -0.15) is 0 Å². The molecule has 73 valence electrons. The molecule has 0 unspecified atom stereocenters. The summed E-state index contributed by atoms with van der Waals surface area (Å²) in [6.07, 6.45) is 0. The fourth-order valence-corrected chi connectivity index (χ4v) is 2.43. The maximum atomic E-state index is 2.23. The molecule has 14 heavy (non-hydrogen) atoms. The molecule has 0 bridgehead atoms. The average molecular weight is 185 g/mol. The van der Waals surface area contributed by atoms with Crippen molar-refractivity contribution in [3.8, 4) is 0 Å². The summed E-state index contributed by atoms with van der Waals surface area (Å²) in [6, 6.07) is 4.45. The summed E-state index contributed by atoms with van der Waals surface area (Å²) in [5, 5.41) is 0. The lowest BCUT2D eigenvalue weighted by Gasteiger charge is -2.12. The Balaban J connectivity index is 2.78. The molecule has 1 aromatic rings. The first-order chi connectivity index (χ1) is 6.54. The first-order valence-electron chi connectivity index (χ1n) is 5.16. The summed E-state index contributed by atoms with van der Waals surface area (Å²) in [5.41, 5.74) is 8.66. The van der Waals surface area contributed by atoms with Crippen molar-refractivity contribution in [2.45, 2.75) is 34.6 Å². The predicted octanol–water partition coefficient (Wildman–Crippen LogP) is 4.05. The van der Waals surface area contributed by atoms with E-state index in [9.17, 15) is 0 Å². The standard InChI is InChI=1S/C14H17/c1-8-6-7-9(2)14-12(5)10(3)11(4)13(8)14/h6-7H,1-5H3. The molecule has 0 heterocycles. The third-order valence-corrected chi connectivity index (χ3v) is 3.50. The van der Waals surface area contributed by atoms with Gasteiger partial charge in [-0.25, -0.2) is 0 Å². The van der Waals surface area contributed by atoms with Crippen molar-refractivity contribution >= 4 is 5.57 Å². The summed E-state index contributed by atoms with van der Waals surface area (Å²) in [6.45, 7) is 11.1. The third kappa shape index (κ3) is 1.06. The molecule has 0 saturated heterocycles. The van der Waals surface area contributed by atoms with Crippen LogP contribution < -0.4 is 0 Å². The number of fused-ring (bicyclic) bond motifs is 1. The van der Waals surface area contributed by atoms with Crippen LogP contribution in [-0.2, 0) is 0 Å². The fourth-order valence-electron chi connectivity index (χ4n) is 2.43. The topological polar surface area (TPSA) is 0 Å². The molecule has 1 radical (unpaired) electrons. The zero-order valence-electron chi connectivity index (χ0n) is 9.65. The Labute approximate surface area is 86.7 Å². The van der Waals surface area contributed by atoms with Gasteiger partial charge >= 0.3 is 0 Å². The van der Waals surface area contributed by atoms with Crippen molar-refractivity contribution in [2.24, 2.45) is 0 Å². The van der Waals surface area contributed by atoms with Gasteiger partial charge < -0.3 is 0 Å². The normalized spacial score (nSPS) is 16.4. The van der Waals surface area contributed by atoms with Crippen molar-refractivity contribution in [2.75, 3.05) is 0 Å². The van der Waals surface area contributed by atoms with E-state index in [1.54, 1.807) is 0 Å². The van der Waals surface area contributed by atoms with Gasteiger partial charge in [0, 0.05) is 5.92 Å². The highest BCUT2D eigenvalue weighted by Crippen LogP contribution is 2.43. The van der Waals surface area contributed by atoms with Crippen LogP contribution in [0.1, 0.15) is 43.0 Å². The van der Waals surface area contributed by atoms with Crippen LogP contribution in [0.4, 0.5) is 0 Å². The smallest absolute Gasteiger partial charge is 0.0277 e. The Bertz CT molecular complexity index is 422. The predicted molar refractivity (Wildman–Crippen MR) is 62.2 cm³/mol. The van der Waals surface area contributed by atoms with E-state index in [0.717, 1.165) is 0 Å². The average Bonchev–Trinajstić information content (AvgIpc) is 2.38. The van der Waals surface area contributed by atoms with E-state index in [1.165, 1.54) is 39.3 Å². The van der Waals surface area contributed by atoms with Crippen LogP contribution in [0.5, 0.6) is 0 Å². The Kier molecular flexibility index (Phi) is 2.02. The van der Waals surface area contributed by atoms with Crippen molar-refractivity contribution in [1.82, 2.24) is 0 Å². The van der Waals surface area contributed by atoms with Gasteiger partial charge in [0.2, 0.25) is 0 Å². The largest absolute Gasteiger partial charge is 0.0587 e. The van der Waals surface area contributed by atoms with Gasteiger partial charge in [-0.3, -0.25) is 0 Å². The van der Waals surface area contributed by atoms with Gasteiger partial charge in [-0.05, 0) is 55.5 Å². The molecule has 1 aliphatic carbocycles. The second kappa shape index (κ2) is 2.98. The van der Waals surface area contributed by atoms with Crippen LogP contribution in [-0.4, -0.2) is 0 Å². The van der Waals surface area contributed by atoms with Crippen molar-refractivity contribution in [3.63, 3.8) is 0 Å². The molecule has 0 saturated carbocycles. The molecule has 2 rings (SSSR count). The Morgan fingerprint density at radius 2 is 1.14 bits per heavy atom. The number of benzene rings is 1. The first kappa shape index (κ1) is 9.51. The zero-order valence-corrected chi connectivity index (χ0v) is 9.65. The van der Waals surface area contributed by atoms with E-state index in [1.807, 2.05) is 0 Å². The molecule has 0 aliphatic heterocycles. The number of allylic oxidation sites excluding steroid dienone is 2. The van der Waals surface area contributed by atoms with Crippen LogP contribution in [0.25, 0.3) is 5.57 Å². The summed E-state index contributed by atoms with van der Waals surface area (Å²) in [4.78, 5) is 0. The van der Waals surface area contributed by atoms with Gasteiger partial charge in [0.15, 0.2) is 0 Å². The molecule has 1 aliphatic rings. The van der Waals surface area contributed by atoms with E-state index in [4.69, 9.17) is 0 Å². The summed E-state index contributed by atoms with van der Waals surface area (Å²) >= 11 is 0. The Morgan fingerprint density at radius 3 is 1.64 bits per heavy atom. The van der Waals surface area contributed by atoms with E-state index in [-0.39, 0.29) is 0 Å². The van der Waals surface area contributed by atoms with Gasteiger partial charge in [0.25, 0.3) is 0 Å². The van der Waals surface area contributed by atoms with E-state index in [2.05, 4.69) is 46.8 Å². The SMILES string of the molecule is C[C]1C(C)=C(C)c2c(C)ccc(C)c21. The lowest BCUT2D eigenvalue weighted by molar-refractivity contribution is 1.16. The minimum atomic E-state index is 1.40. The minimum absolute atomic E-state index is 1.40. The van der Waals surface area contributed by atoms with Crippen LogP contribution in [0.3, 0.4) is 0 Å². The van der Waals surface area contributed by atoms with E-state index < -0.39 is 0 Å². The first-order valence-corrected chi connectivity index (χ1v) is 5.16. The second-order valence-corrected chi connectivity index (χ2v) is 4.32. The number of hydrogen-bond acceptors (Lipinski definition) is 0. The molecule has 0 nitrogen and oxygen atoms in total. The van der Waals surface area contributed by atoms with Crippen molar-refractivity contribution in [1.29, 1.82) is 0 Å². The quantitative estimate of drug-likeness (QED) is 0.572. The van der Waals surface area contributed by atoms with Crippen molar-refractivity contribution < 1.29 is 0 Å². The molecule has 0 heteroatoms. The number of rotatable bonds is 0. The minimum Gasteiger partial charge on any atom is -0.0587 e. The maximum Gasteiger partial charge on any atom is 0.0277 e. The zero-order chi connectivity index (χ0) is 10.5. The molecular weight excluding hydrogens is 168 g/mol. The van der Waals surface area contributed by atoms with Crippen molar-refractivity contribution in [3.05, 3.63) is 45.9 Å². The molecule has 0 N–H and O–H groups in total. The molecule has 1 aromatic carbocycles. The second-order valence-electron chi connectivity index (χ2n) is 4.32. The maximum absolute atomic E-state index is 2.23. The van der Waals surface area contributed by atoms with Gasteiger partial charge in [-0.15, -0.1) is 0 Å². The highest BCUT2D eigenvalue weighted by molar-refractivity contribution is 5.84. The number of hydrogen-bond donors (Lipinski definition) is 0. The molecule has 0 atom stereocenters. The third-order valence-electron chi connectivity index (χ3n) is 3.50. The monoisotopic (exact) mass is 185 g/mol. The van der Waals surface area contributed by atoms with Gasteiger partial charge in [0.05, 0.1) is 0 Å². The van der Waals surface area contributed by atoms with E-state index in [0.29, 0.717) is 0 Å². The Morgan fingerprint density at radius 1 is 0.643 bits per heavy atom. The number of aryl methyl sites for hydroxylation is 2. The highest BCUT2D eigenvalue weighted by atomic mass is 14.3. The molecule has 0 amide bonds. The summed E-state index contributed by atoms with van der Waals surface area (Å²) < 4.78 is 0. The lowest BCUT2D eigenvalue weighted by atomic mass is 9.92. The van der Waals surface area contributed by atoms with Crippen LogP contribution in [0.15, 0.2) is 17.7 Å². The van der Waals surface area contributed by atoms with Gasteiger partial charge in [-0.1, -0.05) is 24.6 Å². The lowest BCUT2D eigenvalue weighted by Crippen LogP contribution is -1.96. The fraction of sp³-hybridized carbons (Fsp3) is 0.357.